The second kappa shape index (κ2) is 9.72. The summed E-state index contributed by atoms with van der Waals surface area (Å²) in [5, 5.41) is 59.9. The molecule has 12 heteroatoms. The topological polar surface area (TPSA) is 188 Å². The zero-order chi connectivity index (χ0) is 25.6. The number of fused-ring (bicyclic) bond motifs is 3. The minimum Gasteiger partial charge on any atom is -0.508 e. The van der Waals surface area contributed by atoms with Crippen molar-refractivity contribution < 1.29 is 59.1 Å². The summed E-state index contributed by atoms with van der Waals surface area (Å²) < 4.78 is 28.0. The molecule has 0 bridgehead atoms. The van der Waals surface area contributed by atoms with Crippen molar-refractivity contribution in [1.82, 2.24) is 0 Å². The lowest BCUT2D eigenvalue weighted by molar-refractivity contribution is -0.344. The van der Waals surface area contributed by atoms with E-state index in [9.17, 15) is 35.4 Å². The number of benzene rings is 1. The van der Waals surface area contributed by atoms with Crippen LogP contribution in [0.4, 0.5) is 0 Å². The Hall–Kier alpha value is -2.55. The number of esters is 1. The van der Waals surface area contributed by atoms with Gasteiger partial charge in [-0.15, -0.1) is 0 Å². The van der Waals surface area contributed by atoms with E-state index in [2.05, 4.69) is 0 Å². The van der Waals surface area contributed by atoms with Crippen molar-refractivity contribution in [2.75, 3.05) is 13.2 Å². The first-order chi connectivity index (χ1) is 17.2. The molecule has 11 unspecified atom stereocenters. The molecule has 1 aromatic rings. The van der Waals surface area contributed by atoms with Gasteiger partial charge in [-0.2, -0.15) is 0 Å². The third kappa shape index (κ3) is 4.40. The molecule has 4 aliphatic rings. The Morgan fingerprint density at radius 3 is 2.50 bits per heavy atom. The molecule has 3 aliphatic heterocycles. The average Bonchev–Trinajstić information content (AvgIpc) is 3.56. The van der Waals surface area contributed by atoms with Crippen molar-refractivity contribution in [3.8, 4) is 5.75 Å². The molecule has 3 heterocycles. The molecule has 6 N–H and O–H groups in total. The SMILES string of the molecule is O=C(C=Cc1ccc(O)cc1)OCC12OC1C(O)C1C=COC(OC3OC(CO)C(O)C(O)C3O)C12. The average molecular weight is 508 g/mol. The van der Waals surface area contributed by atoms with Gasteiger partial charge >= 0.3 is 5.97 Å². The van der Waals surface area contributed by atoms with Crippen LogP contribution in [0.1, 0.15) is 5.56 Å². The van der Waals surface area contributed by atoms with Crippen molar-refractivity contribution in [3.63, 3.8) is 0 Å². The van der Waals surface area contributed by atoms with Gasteiger partial charge in [-0.05, 0) is 29.8 Å². The van der Waals surface area contributed by atoms with Crippen LogP contribution in [0.2, 0.25) is 0 Å². The van der Waals surface area contributed by atoms with Crippen LogP contribution in [-0.2, 0) is 28.5 Å². The lowest BCUT2D eigenvalue weighted by Gasteiger charge is -2.43. The van der Waals surface area contributed by atoms with E-state index in [-0.39, 0.29) is 12.4 Å². The van der Waals surface area contributed by atoms with E-state index >= 15 is 0 Å². The maximum Gasteiger partial charge on any atom is 0.330 e. The predicted molar refractivity (Wildman–Crippen MR) is 118 cm³/mol. The van der Waals surface area contributed by atoms with Crippen molar-refractivity contribution in [1.29, 1.82) is 0 Å². The molecule has 196 valence electrons. The number of hydrogen-bond acceptors (Lipinski definition) is 12. The van der Waals surface area contributed by atoms with Crippen LogP contribution in [0, 0.1) is 11.8 Å². The minimum atomic E-state index is -1.64. The fourth-order valence-corrected chi connectivity index (χ4v) is 5.14. The monoisotopic (exact) mass is 508 g/mol. The molecule has 2 saturated heterocycles. The highest BCUT2D eigenvalue weighted by molar-refractivity contribution is 5.87. The molecule has 5 rings (SSSR count). The highest BCUT2D eigenvalue weighted by atomic mass is 16.8. The van der Waals surface area contributed by atoms with E-state index < -0.39 is 79.2 Å². The number of carbonyl (C=O) groups excluding carboxylic acids is 1. The fraction of sp³-hybridized carbons (Fsp3) is 0.542. The summed E-state index contributed by atoms with van der Waals surface area (Å²) in [6, 6.07) is 6.22. The first kappa shape index (κ1) is 25.1. The number of phenolic OH excluding ortho intramolecular Hbond substituents is 1. The molecule has 0 spiro atoms. The van der Waals surface area contributed by atoms with Crippen molar-refractivity contribution in [2.24, 2.45) is 11.8 Å². The summed E-state index contributed by atoms with van der Waals surface area (Å²) in [6.45, 7) is -0.829. The highest BCUT2D eigenvalue weighted by Gasteiger charge is 2.76. The van der Waals surface area contributed by atoms with Crippen LogP contribution in [0.5, 0.6) is 5.75 Å². The molecular weight excluding hydrogens is 480 g/mol. The third-order valence-electron chi connectivity index (χ3n) is 7.12. The summed E-state index contributed by atoms with van der Waals surface area (Å²) in [5.74, 6) is -1.69. The summed E-state index contributed by atoms with van der Waals surface area (Å²) in [4.78, 5) is 12.3. The van der Waals surface area contributed by atoms with Gasteiger partial charge in [-0.3, -0.25) is 0 Å². The Morgan fingerprint density at radius 1 is 1.03 bits per heavy atom. The maximum atomic E-state index is 12.3. The van der Waals surface area contributed by atoms with Crippen LogP contribution in [-0.4, -0.2) is 105 Å². The molecule has 36 heavy (non-hydrogen) atoms. The smallest absolute Gasteiger partial charge is 0.330 e. The molecule has 3 fully saturated rings. The van der Waals surface area contributed by atoms with E-state index in [0.717, 1.165) is 0 Å². The molecule has 1 aromatic carbocycles. The van der Waals surface area contributed by atoms with Gasteiger partial charge in [0, 0.05) is 12.0 Å². The van der Waals surface area contributed by atoms with E-state index in [0.29, 0.717) is 5.56 Å². The van der Waals surface area contributed by atoms with Crippen LogP contribution < -0.4 is 0 Å². The lowest BCUT2D eigenvalue weighted by Crippen LogP contribution is -2.60. The van der Waals surface area contributed by atoms with Crippen LogP contribution in [0.15, 0.2) is 42.7 Å². The number of carbonyl (C=O) groups is 1. The van der Waals surface area contributed by atoms with E-state index in [1.54, 1.807) is 18.2 Å². The van der Waals surface area contributed by atoms with Gasteiger partial charge in [-0.25, -0.2) is 4.79 Å². The summed E-state index contributed by atoms with van der Waals surface area (Å²) >= 11 is 0. The third-order valence-corrected chi connectivity index (χ3v) is 7.12. The number of phenols is 1. The van der Waals surface area contributed by atoms with Crippen molar-refractivity contribution in [3.05, 3.63) is 48.2 Å². The first-order valence-electron chi connectivity index (χ1n) is 11.5. The van der Waals surface area contributed by atoms with E-state index in [1.807, 2.05) is 0 Å². The Kier molecular flexibility index (Phi) is 6.78. The largest absolute Gasteiger partial charge is 0.508 e. The van der Waals surface area contributed by atoms with Gasteiger partial charge in [-0.1, -0.05) is 12.1 Å². The first-order valence-corrected chi connectivity index (χ1v) is 11.5. The van der Waals surface area contributed by atoms with E-state index in [1.165, 1.54) is 30.5 Å². The van der Waals surface area contributed by atoms with E-state index in [4.69, 9.17) is 23.7 Å². The molecule has 0 amide bonds. The molecule has 11 atom stereocenters. The fourth-order valence-electron chi connectivity index (χ4n) is 5.14. The zero-order valence-corrected chi connectivity index (χ0v) is 18.9. The number of aliphatic hydroxyl groups excluding tert-OH is 5. The normalized spacial score (nSPS) is 43.0. The Morgan fingerprint density at radius 2 is 1.78 bits per heavy atom. The van der Waals surface area contributed by atoms with Gasteiger partial charge in [0.1, 0.15) is 48.5 Å². The second-order valence-corrected chi connectivity index (χ2v) is 9.29. The quantitative estimate of drug-likeness (QED) is 0.141. The molecule has 0 radical (unpaired) electrons. The van der Waals surface area contributed by atoms with Crippen LogP contribution in [0.3, 0.4) is 0 Å². The predicted octanol–water partition coefficient (Wildman–Crippen LogP) is -1.62. The van der Waals surface area contributed by atoms with Gasteiger partial charge in [0.15, 0.2) is 6.29 Å². The van der Waals surface area contributed by atoms with Gasteiger partial charge < -0.3 is 54.3 Å². The van der Waals surface area contributed by atoms with Crippen LogP contribution >= 0.6 is 0 Å². The maximum absolute atomic E-state index is 12.3. The Bertz CT molecular complexity index is 1010. The zero-order valence-electron chi connectivity index (χ0n) is 18.9. The number of hydrogen-bond donors (Lipinski definition) is 6. The number of rotatable bonds is 7. The molecule has 12 nitrogen and oxygen atoms in total. The lowest BCUT2D eigenvalue weighted by atomic mass is 9.85. The van der Waals surface area contributed by atoms with Gasteiger partial charge in [0.2, 0.25) is 6.29 Å². The Balaban J connectivity index is 1.27. The van der Waals surface area contributed by atoms with Gasteiger partial charge in [0.05, 0.1) is 24.9 Å². The standard InChI is InChI=1S/C24H28O12/c25-9-14-18(29)19(30)20(31)23(34-14)35-22-16-13(7-8-32-22)17(28)21-24(16,36-21)10-33-15(27)6-3-11-1-4-12(26)5-2-11/h1-8,13-14,16-23,25-26,28-31H,9-10H2. The number of ether oxygens (including phenoxy) is 5. The Labute approximate surface area is 205 Å². The second-order valence-electron chi connectivity index (χ2n) is 9.29. The molecule has 1 saturated carbocycles. The minimum absolute atomic E-state index is 0.101. The summed E-state index contributed by atoms with van der Waals surface area (Å²) in [6.07, 6.45) is -4.42. The highest BCUT2D eigenvalue weighted by Crippen LogP contribution is 2.60. The number of epoxide rings is 1. The summed E-state index contributed by atoms with van der Waals surface area (Å²) in [7, 11) is 0. The van der Waals surface area contributed by atoms with Crippen molar-refractivity contribution >= 4 is 12.0 Å². The molecule has 1 aliphatic carbocycles. The number of aliphatic hydroxyl groups is 5. The van der Waals surface area contributed by atoms with Crippen molar-refractivity contribution in [2.45, 2.75) is 54.8 Å². The molecule has 0 aromatic heterocycles. The molecular formula is C24H28O12. The van der Waals surface area contributed by atoms with Crippen LogP contribution in [0.25, 0.3) is 6.08 Å². The number of aromatic hydroxyl groups is 1. The van der Waals surface area contributed by atoms with Gasteiger partial charge in [0.25, 0.3) is 0 Å². The summed E-state index contributed by atoms with van der Waals surface area (Å²) in [5.41, 5.74) is -0.436.